The fraction of sp³-hybridized carbons (Fsp3) is 0.300. The molecule has 0 saturated heterocycles. The van der Waals surface area contributed by atoms with Gasteiger partial charge in [-0.05, 0) is 50.3 Å². The highest BCUT2D eigenvalue weighted by Gasteiger charge is 2.38. The number of fused-ring (bicyclic) bond motifs is 4. The van der Waals surface area contributed by atoms with Gasteiger partial charge in [-0.2, -0.15) is 0 Å². The van der Waals surface area contributed by atoms with Crippen LogP contribution in [0.2, 0.25) is 0 Å². The first-order chi connectivity index (χ1) is 6.70. The summed E-state index contributed by atoms with van der Waals surface area (Å²) in [6.07, 6.45) is 4.67. The first-order valence-electron chi connectivity index (χ1n) is 4.55. The van der Waals surface area contributed by atoms with Crippen LogP contribution in [0.1, 0.15) is 30.0 Å². The Morgan fingerprint density at radius 3 is 3.00 bits per heavy atom. The van der Waals surface area contributed by atoms with E-state index in [1.54, 1.807) is 0 Å². The molecular formula is C10H8Br2N2. The van der Waals surface area contributed by atoms with Crippen LogP contribution in [0.25, 0.3) is 5.57 Å². The maximum atomic E-state index is 5.88. The monoisotopic (exact) mass is 314 g/mol. The van der Waals surface area contributed by atoms with Crippen LogP contribution in [0.5, 0.6) is 0 Å². The SMILES string of the molecule is Nc1c(Br)nc2c(c1Br)C1=CCCC12. The number of nitrogens with two attached hydrogens (primary N) is 1. The van der Waals surface area contributed by atoms with Crippen molar-refractivity contribution in [2.24, 2.45) is 0 Å². The van der Waals surface area contributed by atoms with E-state index in [0.717, 1.165) is 9.08 Å². The molecule has 0 fully saturated rings. The lowest BCUT2D eigenvalue weighted by Gasteiger charge is -2.30. The molecule has 0 aliphatic heterocycles. The van der Waals surface area contributed by atoms with Crippen molar-refractivity contribution in [2.75, 3.05) is 5.73 Å². The molecule has 0 bridgehead atoms. The summed E-state index contributed by atoms with van der Waals surface area (Å²) >= 11 is 6.91. The van der Waals surface area contributed by atoms with Gasteiger partial charge in [-0.3, -0.25) is 0 Å². The number of nitrogens with zero attached hydrogens (tertiary/aromatic N) is 1. The molecule has 0 saturated carbocycles. The average molecular weight is 316 g/mol. The van der Waals surface area contributed by atoms with E-state index in [9.17, 15) is 0 Å². The van der Waals surface area contributed by atoms with E-state index in [4.69, 9.17) is 5.73 Å². The fourth-order valence-electron chi connectivity index (χ4n) is 2.27. The Kier molecular flexibility index (Phi) is 1.80. The Morgan fingerprint density at radius 1 is 1.43 bits per heavy atom. The van der Waals surface area contributed by atoms with E-state index in [2.05, 4.69) is 42.9 Å². The maximum Gasteiger partial charge on any atom is 0.130 e. The van der Waals surface area contributed by atoms with Crippen LogP contribution in [-0.4, -0.2) is 4.98 Å². The van der Waals surface area contributed by atoms with Crippen molar-refractivity contribution >= 4 is 43.1 Å². The molecule has 0 radical (unpaired) electrons. The van der Waals surface area contributed by atoms with E-state index >= 15 is 0 Å². The van der Waals surface area contributed by atoms with Gasteiger partial charge in [-0.15, -0.1) is 0 Å². The third-order valence-corrected chi connectivity index (χ3v) is 4.39. The van der Waals surface area contributed by atoms with Crippen molar-refractivity contribution in [2.45, 2.75) is 18.8 Å². The van der Waals surface area contributed by atoms with Crippen LogP contribution in [0.3, 0.4) is 0 Å². The lowest BCUT2D eigenvalue weighted by atomic mass is 9.78. The molecule has 1 aromatic heterocycles. The van der Waals surface area contributed by atoms with Crippen LogP contribution in [-0.2, 0) is 0 Å². The molecule has 0 amide bonds. The van der Waals surface area contributed by atoms with Crippen molar-refractivity contribution in [3.63, 3.8) is 0 Å². The van der Waals surface area contributed by atoms with E-state index in [0.29, 0.717) is 11.6 Å². The van der Waals surface area contributed by atoms with Gasteiger partial charge in [0.05, 0.1) is 15.9 Å². The quantitative estimate of drug-likeness (QED) is 0.745. The molecule has 4 heteroatoms. The van der Waals surface area contributed by atoms with Crippen molar-refractivity contribution in [3.8, 4) is 0 Å². The van der Waals surface area contributed by atoms with Gasteiger partial charge >= 0.3 is 0 Å². The van der Waals surface area contributed by atoms with Gasteiger partial charge in [0.15, 0.2) is 0 Å². The average Bonchev–Trinajstić information content (AvgIpc) is 2.55. The molecule has 2 aliphatic carbocycles. The molecule has 2 nitrogen and oxygen atoms in total. The summed E-state index contributed by atoms with van der Waals surface area (Å²) < 4.78 is 1.76. The number of pyridine rings is 1. The second-order valence-corrected chi connectivity index (χ2v) is 5.22. The molecular weight excluding hydrogens is 308 g/mol. The highest BCUT2D eigenvalue weighted by atomic mass is 79.9. The second-order valence-electron chi connectivity index (χ2n) is 3.68. The topological polar surface area (TPSA) is 38.9 Å². The molecule has 3 rings (SSSR count). The lowest BCUT2D eigenvalue weighted by molar-refractivity contribution is 0.742. The first kappa shape index (κ1) is 8.92. The Labute approximate surface area is 98.8 Å². The summed E-state index contributed by atoms with van der Waals surface area (Å²) in [5.41, 5.74) is 10.4. The summed E-state index contributed by atoms with van der Waals surface area (Å²) in [5.74, 6) is 0.568. The predicted molar refractivity (Wildman–Crippen MR) is 64.0 cm³/mol. The van der Waals surface area contributed by atoms with E-state index < -0.39 is 0 Å². The third kappa shape index (κ3) is 0.932. The summed E-state index contributed by atoms with van der Waals surface area (Å²) in [7, 11) is 0. The van der Waals surface area contributed by atoms with Gasteiger partial charge in [0.2, 0.25) is 0 Å². The predicted octanol–water partition coefficient (Wildman–Crippen LogP) is 3.46. The number of halogens is 2. The number of hydrogen-bond donors (Lipinski definition) is 1. The van der Waals surface area contributed by atoms with Gasteiger partial charge < -0.3 is 5.73 Å². The molecule has 1 unspecified atom stereocenters. The standard InChI is InChI=1S/C10H8Br2N2/c11-7-6-4-2-1-3-5(4)9(6)14-10(12)8(7)13/h2,5H,1,3,13H2. The van der Waals surface area contributed by atoms with Gasteiger partial charge in [0, 0.05) is 11.5 Å². The number of nitrogen functional groups attached to an aromatic ring is 1. The summed E-state index contributed by atoms with van der Waals surface area (Å²) in [5, 5.41) is 0. The largest absolute Gasteiger partial charge is 0.396 e. The van der Waals surface area contributed by atoms with Crippen molar-refractivity contribution in [1.82, 2.24) is 4.98 Å². The molecule has 14 heavy (non-hydrogen) atoms. The Hall–Kier alpha value is -0.350. The molecule has 72 valence electrons. The summed E-state index contributed by atoms with van der Waals surface area (Å²) in [4.78, 5) is 4.48. The van der Waals surface area contributed by atoms with Gasteiger partial charge in [0.1, 0.15) is 4.60 Å². The third-order valence-electron chi connectivity index (χ3n) is 2.97. The molecule has 2 N–H and O–H groups in total. The summed E-state index contributed by atoms with van der Waals surface area (Å²) in [6.45, 7) is 0. The molecule has 0 spiro atoms. The molecule has 1 heterocycles. The van der Waals surface area contributed by atoms with Crippen molar-refractivity contribution in [3.05, 3.63) is 26.4 Å². The van der Waals surface area contributed by atoms with Crippen LogP contribution >= 0.6 is 31.9 Å². The zero-order valence-electron chi connectivity index (χ0n) is 7.35. The number of hydrogen-bond acceptors (Lipinski definition) is 2. The van der Waals surface area contributed by atoms with Gasteiger partial charge in [0.25, 0.3) is 0 Å². The van der Waals surface area contributed by atoms with E-state index in [1.807, 2.05) is 0 Å². The van der Waals surface area contributed by atoms with Crippen LogP contribution in [0.15, 0.2) is 15.2 Å². The highest BCUT2D eigenvalue weighted by Crippen LogP contribution is 2.55. The van der Waals surface area contributed by atoms with Gasteiger partial charge in [-0.1, -0.05) is 6.08 Å². The minimum Gasteiger partial charge on any atom is -0.396 e. The zero-order valence-corrected chi connectivity index (χ0v) is 10.5. The van der Waals surface area contributed by atoms with Gasteiger partial charge in [-0.25, -0.2) is 4.98 Å². The van der Waals surface area contributed by atoms with Crippen LogP contribution < -0.4 is 5.73 Å². The van der Waals surface area contributed by atoms with Crippen molar-refractivity contribution in [1.29, 1.82) is 0 Å². The van der Waals surface area contributed by atoms with Crippen molar-refractivity contribution < 1.29 is 0 Å². The molecule has 0 aromatic carbocycles. The van der Waals surface area contributed by atoms with Crippen LogP contribution in [0, 0.1) is 0 Å². The number of allylic oxidation sites excluding steroid dienone is 2. The summed E-state index contributed by atoms with van der Waals surface area (Å²) in [6, 6.07) is 0. The second kappa shape index (κ2) is 2.83. The smallest absolute Gasteiger partial charge is 0.130 e. The van der Waals surface area contributed by atoms with E-state index in [-0.39, 0.29) is 0 Å². The number of aromatic nitrogens is 1. The number of anilines is 1. The highest BCUT2D eigenvalue weighted by molar-refractivity contribution is 9.11. The lowest BCUT2D eigenvalue weighted by Crippen LogP contribution is -2.17. The fourth-order valence-corrected chi connectivity index (χ4v) is 3.55. The normalized spacial score (nSPS) is 22.4. The Bertz CT molecular complexity index is 466. The van der Waals surface area contributed by atoms with Crippen LogP contribution in [0.4, 0.5) is 5.69 Å². The Balaban J connectivity index is 2.29. The Morgan fingerprint density at radius 2 is 2.21 bits per heavy atom. The first-order valence-corrected chi connectivity index (χ1v) is 6.13. The minimum absolute atomic E-state index is 0.568. The maximum absolute atomic E-state index is 5.88. The minimum atomic E-state index is 0.568. The number of rotatable bonds is 0. The zero-order chi connectivity index (χ0) is 9.87. The molecule has 1 aromatic rings. The van der Waals surface area contributed by atoms with E-state index in [1.165, 1.54) is 29.7 Å². The molecule has 1 atom stereocenters. The molecule has 2 aliphatic rings.